The van der Waals surface area contributed by atoms with Gasteiger partial charge in [-0.15, -0.1) is 0 Å². The summed E-state index contributed by atoms with van der Waals surface area (Å²) < 4.78 is 0. The lowest BCUT2D eigenvalue weighted by Crippen LogP contribution is -2.34. The summed E-state index contributed by atoms with van der Waals surface area (Å²) in [6.07, 6.45) is 12.0. The minimum Gasteiger partial charge on any atom is -0.310 e. The topological polar surface area (TPSA) is 15.3 Å². The molecule has 1 aliphatic carbocycles. The van der Waals surface area contributed by atoms with E-state index in [1.165, 1.54) is 51.5 Å². The van der Waals surface area contributed by atoms with E-state index in [2.05, 4.69) is 37.3 Å². The Labute approximate surface area is 107 Å². The lowest BCUT2D eigenvalue weighted by molar-refractivity contribution is 0.370. The third kappa shape index (κ3) is 6.23. The Kier molecular flexibility index (Phi) is 7.54. The van der Waals surface area contributed by atoms with Crippen molar-refractivity contribution in [1.82, 2.24) is 10.2 Å². The van der Waals surface area contributed by atoms with Crippen LogP contribution in [0.2, 0.25) is 0 Å². The monoisotopic (exact) mass is 238 g/mol. The number of nitrogens with zero attached hydrogens (tertiary/aromatic N) is 1. The van der Waals surface area contributed by atoms with Gasteiger partial charge in [-0.3, -0.25) is 0 Å². The molecule has 1 rings (SSSR count). The molecule has 0 spiro atoms. The Bertz CT molecular complexity index is 221. The van der Waals surface area contributed by atoms with Crippen LogP contribution in [0.5, 0.6) is 0 Å². The Morgan fingerprint density at radius 1 is 1.24 bits per heavy atom. The first kappa shape index (κ1) is 14.7. The van der Waals surface area contributed by atoms with E-state index in [0.717, 1.165) is 6.54 Å². The number of hydrogen-bond acceptors (Lipinski definition) is 2. The lowest BCUT2D eigenvalue weighted by atomic mass is 9.93. The van der Waals surface area contributed by atoms with E-state index in [-0.39, 0.29) is 0 Å². The van der Waals surface area contributed by atoms with Crippen LogP contribution < -0.4 is 5.32 Å². The molecule has 1 aliphatic rings. The van der Waals surface area contributed by atoms with E-state index in [9.17, 15) is 0 Å². The fraction of sp³-hybridized carbons (Fsp3) is 0.867. The van der Waals surface area contributed by atoms with Crippen molar-refractivity contribution in [2.45, 2.75) is 57.9 Å². The second-order valence-corrected chi connectivity index (χ2v) is 5.43. The molecule has 0 radical (unpaired) electrons. The molecule has 0 saturated heterocycles. The third-order valence-corrected chi connectivity index (χ3v) is 3.59. The quantitative estimate of drug-likeness (QED) is 0.715. The lowest BCUT2D eigenvalue weighted by Gasteiger charge is -2.24. The molecule has 1 unspecified atom stereocenters. The van der Waals surface area contributed by atoms with Crippen LogP contribution in [0.3, 0.4) is 0 Å². The molecule has 0 fully saturated rings. The van der Waals surface area contributed by atoms with Crippen molar-refractivity contribution in [3.05, 3.63) is 11.6 Å². The van der Waals surface area contributed by atoms with Crippen LogP contribution in [0, 0.1) is 0 Å². The van der Waals surface area contributed by atoms with E-state index in [1.54, 1.807) is 5.57 Å². The predicted molar refractivity (Wildman–Crippen MR) is 76.4 cm³/mol. The zero-order chi connectivity index (χ0) is 12.5. The average Bonchev–Trinajstić information content (AvgIpc) is 2.24. The van der Waals surface area contributed by atoms with Gasteiger partial charge < -0.3 is 10.2 Å². The number of hydrogen-bond donors (Lipinski definition) is 1. The summed E-state index contributed by atoms with van der Waals surface area (Å²) >= 11 is 0. The number of allylic oxidation sites excluding steroid dienone is 1. The van der Waals surface area contributed by atoms with Crippen LogP contribution in [0.1, 0.15) is 51.9 Å². The molecular weight excluding hydrogens is 208 g/mol. The smallest absolute Gasteiger partial charge is 0.0291 e. The fourth-order valence-corrected chi connectivity index (χ4v) is 2.59. The summed E-state index contributed by atoms with van der Waals surface area (Å²) in [5.41, 5.74) is 1.67. The van der Waals surface area contributed by atoms with Crippen LogP contribution in [0.15, 0.2) is 11.6 Å². The molecule has 0 aliphatic heterocycles. The van der Waals surface area contributed by atoms with Gasteiger partial charge in [0.25, 0.3) is 0 Å². The summed E-state index contributed by atoms with van der Waals surface area (Å²) in [7, 11) is 4.32. The van der Waals surface area contributed by atoms with Crippen LogP contribution in [0.25, 0.3) is 0 Å². The summed E-state index contributed by atoms with van der Waals surface area (Å²) in [5.74, 6) is 0. The number of rotatable bonds is 6. The SMILES string of the molecule is CCNC(CCN(C)C)C1=CCCCCCC1. The Hall–Kier alpha value is -0.340. The van der Waals surface area contributed by atoms with E-state index in [1.807, 2.05) is 0 Å². The molecule has 0 amide bonds. The van der Waals surface area contributed by atoms with Crippen LogP contribution in [-0.2, 0) is 0 Å². The van der Waals surface area contributed by atoms with E-state index < -0.39 is 0 Å². The largest absolute Gasteiger partial charge is 0.310 e. The first-order valence-corrected chi connectivity index (χ1v) is 7.31. The van der Waals surface area contributed by atoms with E-state index in [4.69, 9.17) is 0 Å². The van der Waals surface area contributed by atoms with Gasteiger partial charge in [-0.2, -0.15) is 0 Å². The van der Waals surface area contributed by atoms with Crippen molar-refractivity contribution in [1.29, 1.82) is 0 Å². The molecule has 0 aromatic heterocycles. The highest BCUT2D eigenvalue weighted by molar-refractivity contribution is 5.11. The Balaban J connectivity index is 2.52. The van der Waals surface area contributed by atoms with Gasteiger partial charge in [0.15, 0.2) is 0 Å². The molecule has 0 saturated carbocycles. The standard InChI is InChI=1S/C15H30N2/c1-4-16-15(12-13-17(2)3)14-10-8-6-5-7-9-11-14/h10,15-16H,4-9,11-13H2,1-3H3. The number of nitrogens with one attached hydrogen (secondary N) is 1. The second kappa shape index (κ2) is 8.71. The highest BCUT2D eigenvalue weighted by Gasteiger charge is 2.14. The normalized spacial score (nSPS) is 19.6. The van der Waals surface area contributed by atoms with Crippen molar-refractivity contribution < 1.29 is 0 Å². The third-order valence-electron chi connectivity index (χ3n) is 3.59. The van der Waals surface area contributed by atoms with Crippen molar-refractivity contribution in [3.63, 3.8) is 0 Å². The summed E-state index contributed by atoms with van der Waals surface area (Å²) in [5, 5.41) is 3.66. The van der Waals surface area contributed by atoms with Gasteiger partial charge in [0.2, 0.25) is 0 Å². The Morgan fingerprint density at radius 3 is 2.71 bits per heavy atom. The van der Waals surface area contributed by atoms with Crippen molar-refractivity contribution in [3.8, 4) is 0 Å². The van der Waals surface area contributed by atoms with Gasteiger partial charge in [0, 0.05) is 6.04 Å². The fourth-order valence-electron chi connectivity index (χ4n) is 2.59. The van der Waals surface area contributed by atoms with E-state index in [0.29, 0.717) is 6.04 Å². The first-order valence-electron chi connectivity index (χ1n) is 7.31. The van der Waals surface area contributed by atoms with E-state index >= 15 is 0 Å². The molecule has 0 aromatic rings. The minimum atomic E-state index is 0.612. The second-order valence-electron chi connectivity index (χ2n) is 5.43. The minimum absolute atomic E-state index is 0.612. The summed E-state index contributed by atoms with van der Waals surface area (Å²) in [6.45, 7) is 4.47. The molecule has 0 aromatic carbocycles. The van der Waals surface area contributed by atoms with Gasteiger partial charge in [0.05, 0.1) is 0 Å². The van der Waals surface area contributed by atoms with Crippen LogP contribution in [0.4, 0.5) is 0 Å². The molecule has 0 heterocycles. The van der Waals surface area contributed by atoms with Gasteiger partial charge in [-0.25, -0.2) is 0 Å². The molecule has 1 N–H and O–H groups in total. The van der Waals surface area contributed by atoms with Gasteiger partial charge in [-0.1, -0.05) is 31.4 Å². The molecule has 2 heteroatoms. The Morgan fingerprint density at radius 2 is 2.00 bits per heavy atom. The highest BCUT2D eigenvalue weighted by atomic mass is 15.1. The van der Waals surface area contributed by atoms with Crippen LogP contribution in [-0.4, -0.2) is 38.1 Å². The maximum atomic E-state index is 3.66. The molecular formula is C15H30N2. The van der Waals surface area contributed by atoms with Gasteiger partial charge in [0.1, 0.15) is 0 Å². The molecule has 17 heavy (non-hydrogen) atoms. The summed E-state index contributed by atoms with van der Waals surface area (Å²) in [4.78, 5) is 2.29. The van der Waals surface area contributed by atoms with Gasteiger partial charge in [-0.05, 0) is 59.3 Å². The zero-order valence-corrected chi connectivity index (χ0v) is 12.0. The highest BCUT2D eigenvalue weighted by Crippen LogP contribution is 2.21. The molecule has 0 bridgehead atoms. The van der Waals surface area contributed by atoms with Gasteiger partial charge >= 0.3 is 0 Å². The molecule has 100 valence electrons. The van der Waals surface area contributed by atoms with Crippen molar-refractivity contribution in [2.75, 3.05) is 27.2 Å². The maximum Gasteiger partial charge on any atom is 0.0291 e. The predicted octanol–water partition coefficient (Wildman–Crippen LogP) is 3.20. The molecule has 2 nitrogen and oxygen atoms in total. The van der Waals surface area contributed by atoms with Crippen LogP contribution >= 0.6 is 0 Å². The van der Waals surface area contributed by atoms with Crippen molar-refractivity contribution in [2.24, 2.45) is 0 Å². The zero-order valence-electron chi connectivity index (χ0n) is 12.0. The number of likely N-dealkylation sites (N-methyl/N-ethyl adjacent to an activating group) is 1. The first-order chi connectivity index (χ1) is 8.24. The average molecular weight is 238 g/mol. The maximum absolute atomic E-state index is 3.66. The van der Waals surface area contributed by atoms with Crippen molar-refractivity contribution >= 4 is 0 Å². The summed E-state index contributed by atoms with van der Waals surface area (Å²) in [6, 6.07) is 0.612. The molecule has 1 atom stereocenters.